The van der Waals surface area contributed by atoms with Crippen LogP contribution in [0.15, 0.2) is 85.1 Å². The third kappa shape index (κ3) is 4.67. The summed E-state index contributed by atoms with van der Waals surface area (Å²) < 4.78 is 0. The molecule has 0 fully saturated rings. The molecule has 3 rings (SSSR count). The van der Waals surface area contributed by atoms with Gasteiger partial charge in [0.2, 0.25) is 0 Å². The molecule has 0 unspecified atom stereocenters. The largest absolute Gasteiger partial charge is 0.350 e. The maximum Gasteiger partial charge on any atom is 0.269 e. The summed E-state index contributed by atoms with van der Waals surface area (Å²) >= 11 is 0. The number of amides is 1. The molecule has 0 aliphatic rings. The zero-order chi connectivity index (χ0) is 18.2. The minimum absolute atomic E-state index is 0.143. The maximum atomic E-state index is 12.1. The summed E-state index contributed by atoms with van der Waals surface area (Å²) in [5.74, 6) is -0.143. The lowest BCUT2D eigenvalue weighted by Gasteiger charge is -2.10. The van der Waals surface area contributed by atoms with Crippen LogP contribution < -0.4 is 5.32 Å². The molecule has 0 aliphatic heterocycles. The van der Waals surface area contributed by atoms with Crippen molar-refractivity contribution in [1.29, 1.82) is 0 Å². The molecule has 0 spiro atoms. The Labute approximate surface area is 154 Å². The van der Waals surface area contributed by atoms with Crippen molar-refractivity contribution in [2.24, 2.45) is 0 Å². The van der Waals surface area contributed by atoms with Gasteiger partial charge in [0.15, 0.2) is 0 Å². The second-order valence-corrected chi connectivity index (χ2v) is 6.11. The van der Waals surface area contributed by atoms with Crippen LogP contribution in [0.2, 0.25) is 0 Å². The van der Waals surface area contributed by atoms with E-state index in [1.807, 2.05) is 24.3 Å². The van der Waals surface area contributed by atoms with Crippen LogP contribution in [0.3, 0.4) is 0 Å². The molecule has 0 bridgehead atoms. The van der Waals surface area contributed by atoms with Gasteiger partial charge in [0.1, 0.15) is 5.69 Å². The first kappa shape index (κ1) is 17.6. The van der Waals surface area contributed by atoms with E-state index in [1.54, 1.807) is 18.3 Å². The van der Waals surface area contributed by atoms with Crippen LogP contribution in [0.5, 0.6) is 0 Å². The van der Waals surface area contributed by atoms with Crippen molar-refractivity contribution in [3.63, 3.8) is 0 Å². The Morgan fingerprint density at radius 1 is 0.923 bits per heavy atom. The zero-order valence-corrected chi connectivity index (χ0v) is 14.9. The number of nitrogens with one attached hydrogen (secondary N) is 1. The lowest BCUT2D eigenvalue weighted by atomic mass is 9.96. The molecule has 130 valence electrons. The van der Waals surface area contributed by atoms with Gasteiger partial charge in [-0.05, 0) is 42.2 Å². The zero-order valence-electron chi connectivity index (χ0n) is 14.9. The van der Waals surface area contributed by atoms with Crippen molar-refractivity contribution in [3.8, 4) is 0 Å². The fraction of sp³-hybridized carbons (Fsp3) is 0.130. The topological polar surface area (TPSA) is 42.0 Å². The molecule has 0 aliphatic carbocycles. The highest BCUT2D eigenvalue weighted by Crippen LogP contribution is 2.24. The van der Waals surface area contributed by atoms with Crippen LogP contribution in [0.4, 0.5) is 0 Å². The highest BCUT2D eigenvalue weighted by Gasteiger charge is 2.06. The molecule has 1 amide bonds. The van der Waals surface area contributed by atoms with Crippen molar-refractivity contribution < 1.29 is 4.79 Å². The molecule has 3 aromatic rings. The molecular weight excluding hydrogens is 320 g/mol. The number of rotatable bonds is 6. The summed E-state index contributed by atoms with van der Waals surface area (Å²) in [4.78, 5) is 16.1. The van der Waals surface area contributed by atoms with Crippen molar-refractivity contribution >= 4 is 11.5 Å². The number of aromatic nitrogens is 1. The lowest BCUT2D eigenvalue weighted by Crippen LogP contribution is -2.24. The summed E-state index contributed by atoms with van der Waals surface area (Å²) in [5.41, 5.74) is 5.21. The van der Waals surface area contributed by atoms with E-state index in [4.69, 9.17) is 0 Å². The predicted octanol–water partition coefficient (Wildman–Crippen LogP) is 4.64. The van der Waals surface area contributed by atoms with E-state index in [-0.39, 0.29) is 5.91 Å². The standard InChI is InChI=1S/C23H22N2O/c1-18-12-14-20(15-13-18)21(19-8-3-2-4-9-19)10-7-17-25-23(26)22-11-5-6-16-24-22/h2-6,8-16H,7,17H2,1H3,(H,25,26)/b21-10-. The van der Waals surface area contributed by atoms with Crippen LogP contribution in [0.25, 0.3) is 5.57 Å². The monoisotopic (exact) mass is 342 g/mol. The van der Waals surface area contributed by atoms with Crippen molar-refractivity contribution in [2.45, 2.75) is 13.3 Å². The molecule has 0 saturated carbocycles. The van der Waals surface area contributed by atoms with Gasteiger partial charge >= 0.3 is 0 Å². The van der Waals surface area contributed by atoms with Gasteiger partial charge in [0.05, 0.1) is 0 Å². The molecule has 1 aromatic heterocycles. The van der Waals surface area contributed by atoms with Gasteiger partial charge in [-0.1, -0.05) is 72.3 Å². The fourth-order valence-corrected chi connectivity index (χ4v) is 2.74. The number of nitrogens with zero attached hydrogens (tertiary/aromatic N) is 1. The second-order valence-electron chi connectivity index (χ2n) is 6.11. The number of benzene rings is 2. The van der Waals surface area contributed by atoms with E-state index in [1.165, 1.54) is 22.3 Å². The van der Waals surface area contributed by atoms with Crippen LogP contribution in [-0.4, -0.2) is 17.4 Å². The SMILES string of the molecule is Cc1ccc(/C(=C\CCNC(=O)c2ccccn2)c2ccccc2)cc1. The maximum absolute atomic E-state index is 12.1. The van der Waals surface area contributed by atoms with Gasteiger partial charge in [-0.15, -0.1) is 0 Å². The van der Waals surface area contributed by atoms with E-state index in [0.717, 1.165) is 6.42 Å². The number of carbonyl (C=O) groups excluding carboxylic acids is 1. The molecule has 3 nitrogen and oxygen atoms in total. The molecule has 0 saturated heterocycles. The number of aryl methyl sites for hydroxylation is 1. The first-order valence-corrected chi connectivity index (χ1v) is 8.76. The van der Waals surface area contributed by atoms with E-state index >= 15 is 0 Å². The highest BCUT2D eigenvalue weighted by molar-refractivity contribution is 5.92. The van der Waals surface area contributed by atoms with Gasteiger partial charge in [-0.3, -0.25) is 9.78 Å². The lowest BCUT2D eigenvalue weighted by molar-refractivity contribution is 0.0949. The van der Waals surface area contributed by atoms with E-state index in [9.17, 15) is 4.79 Å². The van der Waals surface area contributed by atoms with E-state index in [0.29, 0.717) is 12.2 Å². The summed E-state index contributed by atoms with van der Waals surface area (Å²) in [5, 5.41) is 2.92. The summed E-state index contributed by atoms with van der Waals surface area (Å²) in [7, 11) is 0. The molecule has 3 heteroatoms. The van der Waals surface area contributed by atoms with E-state index < -0.39 is 0 Å². The van der Waals surface area contributed by atoms with Crippen molar-refractivity contribution in [2.75, 3.05) is 6.54 Å². The van der Waals surface area contributed by atoms with Crippen LogP contribution in [0.1, 0.15) is 33.6 Å². The van der Waals surface area contributed by atoms with Crippen LogP contribution in [-0.2, 0) is 0 Å². The number of hydrogen-bond acceptors (Lipinski definition) is 2. The summed E-state index contributed by atoms with van der Waals surface area (Å²) in [6.45, 7) is 2.65. The Morgan fingerprint density at radius 2 is 1.62 bits per heavy atom. The van der Waals surface area contributed by atoms with Crippen LogP contribution in [0, 0.1) is 6.92 Å². The minimum Gasteiger partial charge on any atom is -0.350 e. The fourth-order valence-electron chi connectivity index (χ4n) is 2.74. The summed E-state index contributed by atoms with van der Waals surface area (Å²) in [6.07, 6.45) is 4.55. The first-order chi connectivity index (χ1) is 12.7. The molecule has 26 heavy (non-hydrogen) atoms. The van der Waals surface area contributed by atoms with E-state index in [2.05, 4.69) is 59.7 Å². The number of pyridine rings is 1. The third-order valence-corrected chi connectivity index (χ3v) is 4.12. The van der Waals surface area contributed by atoms with Gasteiger partial charge < -0.3 is 5.32 Å². The van der Waals surface area contributed by atoms with Gasteiger partial charge in [-0.25, -0.2) is 0 Å². The molecule has 0 radical (unpaired) electrons. The Bertz CT molecular complexity index is 869. The third-order valence-electron chi connectivity index (χ3n) is 4.12. The molecule has 2 aromatic carbocycles. The van der Waals surface area contributed by atoms with Crippen LogP contribution >= 0.6 is 0 Å². The first-order valence-electron chi connectivity index (χ1n) is 8.76. The molecule has 1 N–H and O–H groups in total. The van der Waals surface area contributed by atoms with Gasteiger partial charge in [0.25, 0.3) is 5.91 Å². The highest BCUT2D eigenvalue weighted by atomic mass is 16.1. The average molecular weight is 342 g/mol. The Kier molecular flexibility index (Phi) is 5.94. The predicted molar refractivity (Wildman–Crippen MR) is 106 cm³/mol. The second kappa shape index (κ2) is 8.77. The number of hydrogen-bond donors (Lipinski definition) is 1. The summed E-state index contributed by atoms with van der Waals surface area (Å²) in [6, 6.07) is 24.2. The van der Waals surface area contributed by atoms with Gasteiger partial charge in [0, 0.05) is 12.7 Å². The van der Waals surface area contributed by atoms with Crippen molar-refractivity contribution in [1.82, 2.24) is 10.3 Å². The molecule has 0 atom stereocenters. The quantitative estimate of drug-likeness (QED) is 0.663. The Morgan fingerprint density at radius 3 is 2.31 bits per heavy atom. The molecular formula is C23H22N2O. The van der Waals surface area contributed by atoms with Crippen molar-refractivity contribution in [3.05, 3.63) is 107 Å². The normalized spacial score (nSPS) is 11.2. The smallest absolute Gasteiger partial charge is 0.269 e. The number of carbonyl (C=O) groups is 1. The average Bonchev–Trinajstić information content (AvgIpc) is 2.70. The Hall–Kier alpha value is -3.20. The molecule has 1 heterocycles. The minimum atomic E-state index is -0.143. The van der Waals surface area contributed by atoms with Gasteiger partial charge in [-0.2, -0.15) is 0 Å². The Balaban J connectivity index is 1.71.